The van der Waals surface area contributed by atoms with Crippen molar-refractivity contribution in [2.24, 2.45) is 0 Å². The summed E-state index contributed by atoms with van der Waals surface area (Å²) < 4.78 is 11.1. The highest BCUT2D eigenvalue weighted by molar-refractivity contribution is 6.07. The van der Waals surface area contributed by atoms with E-state index in [2.05, 4.69) is 19.1 Å². The molecule has 1 atom stereocenters. The fourth-order valence-electron chi connectivity index (χ4n) is 3.92. The Hall–Kier alpha value is -0.668. The van der Waals surface area contributed by atoms with Crippen molar-refractivity contribution in [3.63, 3.8) is 0 Å². The molecular formula is C28H55AlO5. The molecule has 0 aromatic heterocycles. The number of ketones is 1. The molecule has 0 amide bonds. The van der Waals surface area contributed by atoms with Crippen molar-refractivity contribution in [1.29, 1.82) is 0 Å². The van der Waals surface area contributed by atoms with Crippen LogP contribution in [0.25, 0.3) is 0 Å². The van der Waals surface area contributed by atoms with Gasteiger partial charge in [-0.3, -0.25) is 4.79 Å². The van der Waals surface area contributed by atoms with Gasteiger partial charge in [-0.15, -0.1) is 0 Å². The van der Waals surface area contributed by atoms with Crippen molar-refractivity contribution in [3.8, 4) is 0 Å². The molecule has 0 bridgehead atoms. The molecule has 34 heavy (non-hydrogen) atoms. The Morgan fingerprint density at radius 3 is 1.68 bits per heavy atom. The van der Waals surface area contributed by atoms with E-state index in [0.717, 1.165) is 25.7 Å². The Kier molecular flexibility index (Phi) is 23.8. The molecule has 0 aliphatic rings. The largest absolute Gasteiger partial charge is 0.479 e. The van der Waals surface area contributed by atoms with Crippen molar-refractivity contribution in [1.82, 2.24) is 0 Å². The van der Waals surface area contributed by atoms with E-state index in [1.54, 1.807) is 13.8 Å². The van der Waals surface area contributed by atoms with Gasteiger partial charge in [0.05, 0.1) is 12.2 Å². The Bertz CT molecular complexity index is 533. The van der Waals surface area contributed by atoms with Crippen molar-refractivity contribution in [3.05, 3.63) is 12.2 Å². The number of rotatable bonds is 23. The van der Waals surface area contributed by atoms with Crippen LogP contribution in [0.5, 0.6) is 0 Å². The van der Waals surface area contributed by atoms with Crippen molar-refractivity contribution < 1.29 is 24.2 Å². The number of allylic oxidation sites excluding steroid dienone is 2. The van der Waals surface area contributed by atoms with Crippen LogP contribution < -0.4 is 0 Å². The monoisotopic (exact) mass is 498 g/mol. The topological polar surface area (TPSA) is 72.8 Å². The van der Waals surface area contributed by atoms with Crippen LogP contribution in [-0.4, -0.2) is 58.6 Å². The molecule has 6 heteroatoms. The van der Waals surface area contributed by atoms with E-state index in [0.29, 0.717) is 6.42 Å². The maximum atomic E-state index is 12.7. The molecule has 1 unspecified atom stereocenters. The predicted octanol–water partition coefficient (Wildman–Crippen LogP) is 6.47. The van der Waals surface area contributed by atoms with E-state index in [1.165, 1.54) is 57.8 Å². The molecule has 0 aliphatic carbocycles. The third-order valence-corrected chi connectivity index (χ3v) is 5.82. The smallest absolute Gasteiger partial charge is 0.343 e. The van der Waals surface area contributed by atoms with Gasteiger partial charge in [0.25, 0.3) is 0 Å². The van der Waals surface area contributed by atoms with Gasteiger partial charge in [0.2, 0.25) is 11.4 Å². The number of carbonyl (C=O) groups excluding carboxylic acids is 1. The SMILES string of the molecule is CCCCCCCCC=CCCCCCCCCC(OC(C)C)(C(=O)O)C(=O)COC(C)C.[AlH3]. The highest BCUT2D eigenvalue weighted by Crippen LogP contribution is 2.25. The van der Waals surface area contributed by atoms with Gasteiger partial charge in [-0.05, 0) is 66.2 Å². The highest BCUT2D eigenvalue weighted by atomic mass is 27.0. The summed E-state index contributed by atoms with van der Waals surface area (Å²) in [5.74, 6) is -1.70. The Labute approximate surface area is 220 Å². The van der Waals surface area contributed by atoms with Crippen molar-refractivity contribution in [2.45, 2.75) is 149 Å². The number of unbranched alkanes of at least 4 members (excludes halogenated alkanes) is 12. The standard InChI is InChI=1S/C28H52O5.Al.3H/c1-6-7-8-9-10-11-12-13-14-15-16-17-18-19-20-21-22-28(27(30)31,33-25(4)5)26(29)23-32-24(2)3;;;;/h13-14,24-25H,6-12,15-23H2,1-5H3,(H,30,31);;;;. The van der Waals surface area contributed by atoms with E-state index in [4.69, 9.17) is 9.47 Å². The van der Waals surface area contributed by atoms with Gasteiger partial charge >= 0.3 is 5.97 Å². The number of Topliss-reactive ketones (excluding diaryl/α,β-unsaturated/α-hetero) is 1. The molecule has 0 radical (unpaired) electrons. The molecule has 0 spiro atoms. The lowest BCUT2D eigenvalue weighted by atomic mass is 9.90. The summed E-state index contributed by atoms with van der Waals surface area (Å²) >= 11 is 0. The first-order valence-corrected chi connectivity index (χ1v) is 13.5. The lowest BCUT2D eigenvalue weighted by Gasteiger charge is -2.30. The number of aliphatic carboxylic acids is 1. The van der Waals surface area contributed by atoms with Gasteiger partial charge in [-0.25, -0.2) is 4.79 Å². The van der Waals surface area contributed by atoms with Gasteiger partial charge in [-0.2, -0.15) is 0 Å². The zero-order valence-corrected chi connectivity index (χ0v) is 22.2. The van der Waals surface area contributed by atoms with E-state index in [-0.39, 0.29) is 42.6 Å². The zero-order valence-electron chi connectivity index (χ0n) is 22.2. The molecule has 0 aromatic carbocycles. The predicted molar refractivity (Wildman–Crippen MR) is 147 cm³/mol. The first kappa shape index (κ1) is 35.5. The average molecular weight is 499 g/mol. The van der Waals surface area contributed by atoms with Crippen LogP contribution in [0.15, 0.2) is 12.2 Å². The van der Waals surface area contributed by atoms with E-state index in [1.807, 2.05) is 13.8 Å². The maximum absolute atomic E-state index is 12.7. The number of ether oxygens (including phenoxy) is 2. The van der Waals surface area contributed by atoms with Crippen LogP contribution in [0.3, 0.4) is 0 Å². The third kappa shape index (κ3) is 17.7. The molecule has 0 heterocycles. The number of carboxylic acid groups (broad SMARTS) is 1. The summed E-state index contributed by atoms with van der Waals surface area (Å²) in [7, 11) is 0. The molecule has 0 saturated carbocycles. The quantitative estimate of drug-likeness (QED) is 0.0756. The van der Waals surface area contributed by atoms with Gasteiger partial charge in [-0.1, -0.05) is 76.9 Å². The summed E-state index contributed by atoms with van der Waals surface area (Å²) in [6.45, 7) is 9.19. The van der Waals surface area contributed by atoms with Gasteiger partial charge in [0, 0.05) is 0 Å². The lowest BCUT2D eigenvalue weighted by Crippen LogP contribution is -2.52. The molecule has 1 N–H and O–H groups in total. The minimum Gasteiger partial charge on any atom is -0.479 e. The minimum atomic E-state index is -1.80. The maximum Gasteiger partial charge on any atom is 0.343 e. The zero-order chi connectivity index (χ0) is 25.0. The minimum absolute atomic E-state index is 0. The Balaban J connectivity index is 0. The molecular weight excluding hydrogens is 443 g/mol. The van der Waals surface area contributed by atoms with Crippen LogP contribution in [-0.2, 0) is 19.1 Å². The lowest BCUT2D eigenvalue weighted by molar-refractivity contribution is -0.182. The second-order valence-electron chi connectivity index (χ2n) is 9.77. The van der Waals surface area contributed by atoms with Crippen LogP contribution in [0, 0.1) is 0 Å². The summed E-state index contributed by atoms with van der Waals surface area (Å²) in [6.07, 6.45) is 21.0. The summed E-state index contributed by atoms with van der Waals surface area (Å²) in [4.78, 5) is 24.7. The number of carbonyl (C=O) groups is 2. The molecule has 0 aliphatic heterocycles. The molecule has 0 fully saturated rings. The van der Waals surface area contributed by atoms with Gasteiger partial charge < -0.3 is 14.6 Å². The molecule has 0 rings (SSSR count). The first-order chi connectivity index (χ1) is 15.8. The number of hydrogen-bond acceptors (Lipinski definition) is 4. The van der Waals surface area contributed by atoms with Crippen molar-refractivity contribution in [2.75, 3.05) is 6.61 Å². The van der Waals surface area contributed by atoms with Crippen LogP contribution in [0.2, 0.25) is 0 Å². The van der Waals surface area contributed by atoms with Crippen LogP contribution in [0.1, 0.15) is 131 Å². The average Bonchev–Trinajstić information content (AvgIpc) is 2.75. The van der Waals surface area contributed by atoms with E-state index in [9.17, 15) is 14.7 Å². The Morgan fingerprint density at radius 1 is 0.765 bits per heavy atom. The normalized spacial score (nSPS) is 13.4. The third-order valence-electron chi connectivity index (χ3n) is 5.82. The first-order valence-electron chi connectivity index (χ1n) is 13.5. The van der Waals surface area contributed by atoms with Crippen LogP contribution >= 0.6 is 0 Å². The molecule has 5 nitrogen and oxygen atoms in total. The van der Waals surface area contributed by atoms with E-state index >= 15 is 0 Å². The number of carboxylic acids is 1. The molecule has 0 aromatic rings. The molecule has 0 saturated heterocycles. The summed E-state index contributed by atoms with van der Waals surface area (Å²) in [6, 6.07) is 0. The number of hydrogen-bond donors (Lipinski definition) is 1. The van der Waals surface area contributed by atoms with Gasteiger partial charge in [0.15, 0.2) is 17.4 Å². The second-order valence-corrected chi connectivity index (χ2v) is 9.77. The summed E-state index contributed by atoms with van der Waals surface area (Å²) in [5.41, 5.74) is -1.80. The van der Waals surface area contributed by atoms with Gasteiger partial charge in [0.1, 0.15) is 6.61 Å². The van der Waals surface area contributed by atoms with Crippen LogP contribution in [0.4, 0.5) is 0 Å². The second kappa shape index (κ2) is 22.8. The highest BCUT2D eigenvalue weighted by Gasteiger charge is 2.47. The summed E-state index contributed by atoms with van der Waals surface area (Å²) in [5, 5.41) is 9.83. The fourth-order valence-corrected chi connectivity index (χ4v) is 3.92. The van der Waals surface area contributed by atoms with Crippen molar-refractivity contribution >= 4 is 29.1 Å². The Morgan fingerprint density at radius 2 is 1.24 bits per heavy atom. The molecule has 200 valence electrons. The van der Waals surface area contributed by atoms with E-state index < -0.39 is 17.4 Å². The fraction of sp³-hybridized carbons (Fsp3) is 0.857.